The Hall–Kier alpha value is -1.33. The van der Waals surface area contributed by atoms with Crippen molar-refractivity contribution >= 4 is 40.5 Å². The third-order valence-electron chi connectivity index (χ3n) is 2.69. The van der Waals surface area contributed by atoms with Crippen molar-refractivity contribution < 1.29 is 9.53 Å². The number of carbonyl (C=O) groups is 1. The maximum atomic E-state index is 11.6. The van der Waals surface area contributed by atoms with E-state index < -0.39 is 0 Å². The van der Waals surface area contributed by atoms with Crippen molar-refractivity contribution in [2.75, 3.05) is 24.6 Å². The summed E-state index contributed by atoms with van der Waals surface area (Å²) in [5.41, 5.74) is 7.06. The molecular formula is C14H19ClN2O2S. The number of hydrogen-bond donors (Lipinski definition) is 1. The van der Waals surface area contributed by atoms with Crippen molar-refractivity contribution in [2.45, 2.75) is 20.3 Å². The van der Waals surface area contributed by atoms with Gasteiger partial charge in [-0.25, -0.2) is 0 Å². The van der Waals surface area contributed by atoms with Crippen molar-refractivity contribution in [3.8, 4) is 0 Å². The number of hydrogen-bond acceptors (Lipinski definition) is 4. The zero-order chi connectivity index (χ0) is 15.1. The van der Waals surface area contributed by atoms with Gasteiger partial charge in [0.15, 0.2) is 0 Å². The molecule has 0 saturated heterocycles. The van der Waals surface area contributed by atoms with E-state index in [2.05, 4.69) is 0 Å². The lowest BCUT2D eigenvalue weighted by atomic mass is 10.2. The maximum absolute atomic E-state index is 11.6. The summed E-state index contributed by atoms with van der Waals surface area (Å²) in [6.07, 6.45) is 0.896. The Labute approximate surface area is 129 Å². The van der Waals surface area contributed by atoms with Gasteiger partial charge < -0.3 is 15.4 Å². The Morgan fingerprint density at radius 2 is 2.15 bits per heavy atom. The predicted octanol–water partition coefficient (Wildman–Crippen LogP) is 2.75. The van der Waals surface area contributed by atoms with Gasteiger partial charge in [0.1, 0.15) is 11.5 Å². The first kappa shape index (κ1) is 16.7. The number of esters is 1. The zero-order valence-corrected chi connectivity index (χ0v) is 13.3. The first-order valence-electron chi connectivity index (χ1n) is 6.49. The van der Waals surface area contributed by atoms with Gasteiger partial charge in [-0.15, -0.1) is 0 Å². The summed E-state index contributed by atoms with van der Waals surface area (Å²) in [4.78, 5) is 13.8. The van der Waals surface area contributed by atoms with Gasteiger partial charge in [-0.05, 0) is 31.5 Å². The van der Waals surface area contributed by atoms with Gasteiger partial charge in [0.05, 0.1) is 17.3 Å². The number of carbonyl (C=O) groups excluding carboxylic acids is 1. The number of nitrogens with two attached hydrogens (primary N) is 1. The fourth-order valence-corrected chi connectivity index (χ4v) is 2.26. The first-order chi connectivity index (χ1) is 9.49. The van der Waals surface area contributed by atoms with Crippen LogP contribution in [-0.4, -0.2) is 30.7 Å². The molecule has 4 nitrogen and oxygen atoms in total. The SMILES string of the molecule is CCCN(CC(=O)OCC)c1ccc(C(N)=S)cc1Cl. The summed E-state index contributed by atoms with van der Waals surface area (Å²) >= 11 is 11.2. The Morgan fingerprint density at radius 1 is 1.45 bits per heavy atom. The van der Waals surface area contributed by atoms with E-state index in [0.29, 0.717) is 28.7 Å². The van der Waals surface area contributed by atoms with Crippen LogP contribution in [0.1, 0.15) is 25.8 Å². The van der Waals surface area contributed by atoms with Gasteiger partial charge in [0.25, 0.3) is 0 Å². The molecule has 0 aliphatic heterocycles. The zero-order valence-electron chi connectivity index (χ0n) is 11.7. The highest BCUT2D eigenvalue weighted by Crippen LogP contribution is 2.27. The number of thiocarbonyl (C=S) groups is 1. The van der Waals surface area contributed by atoms with Crippen molar-refractivity contribution in [1.29, 1.82) is 0 Å². The minimum absolute atomic E-state index is 0.174. The lowest BCUT2D eigenvalue weighted by Crippen LogP contribution is -2.32. The average Bonchev–Trinajstić information content (AvgIpc) is 2.38. The molecule has 1 aromatic carbocycles. The van der Waals surface area contributed by atoms with E-state index in [0.717, 1.165) is 12.1 Å². The number of anilines is 1. The molecular weight excluding hydrogens is 296 g/mol. The van der Waals surface area contributed by atoms with Crippen LogP contribution in [-0.2, 0) is 9.53 Å². The molecule has 0 fully saturated rings. The van der Waals surface area contributed by atoms with E-state index in [-0.39, 0.29) is 12.5 Å². The predicted molar refractivity (Wildman–Crippen MR) is 86.5 cm³/mol. The molecule has 20 heavy (non-hydrogen) atoms. The Morgan fingerprint density at radius 3 is 2.65 bits per heavy atom. The molecule has 110 valence electrons. The number of halogens is 1. The minimum atomic E-state index is -0.268. The molecule has 0 aromatic heterocycles. The second kappa shape index (κ2) is 8.07. The largest absolute Gasteiger partial charge is 0.465 e. The summed E-state index contributed by atoms with van der Waals surface area (Å²) in [5.74, 6) is -0.268. The molecule has 0 spiro atoms. The van der Waals surface area contributed by atoms with Crippen LogP contribution in [0.5, 0.6) is 0 Å². The molecule has 0 unspecified atom stereocenters. The van der Waals surface area contributed by atoms with Crippen LogP contribution in [0, 0.1) is 0 Å². The lowest BCUT2D eigenvalue weighted by molar-refractivity contribution is -0.141. The third kappa shape index (κ3) is 4.65. The fourth-order valence-electron chi connectivity index (χ4n) is 1.83. The van der Waals surface area contributed by atoms with Gasteiger partial charge in [-0.3, -0.25) is 4.79 Å². The third-order valence-corrected chi connectivity index (χ3v) is 3.23. The Balaban J connectivity index is 2.96. The van der Waals surface area contributed by atoms with Crippen LogP contribution in [0.4, 0.5) is 5.69 Å². The molecule has 0 saturated carbocycles. The summed E-state index contributed by atoms with van der Waals surface area (Å²) < 4.78 is 4.98. The highest BCUT2D eigenvalue weighted by Gasteiger charge is 2.15. The van der Waals surface area contributed by atoms with Gasteiger partial charge >= 0.3 is 5.97 Å². The standard InChI is InChI=1S/C14H19ClN2O2S/c1-3-7-17(9-13(18)19-4-2)12-6-5-10(14(16)20)8-11(12)15/h5-6,8H,3-4,7,9H2,1-2H3,(H2,16,20). The van der Waals surface area contributed by atoms with E-state index in [1.54, 1.807) is 19.1 Å². The van der Waals surface area contributed by atoms with Crippen LogP contribution < -0.4 is 10.6 Å². The van der Waals surface area contributed by atoms with Gasteiger partial charge in [-0.2, -0.15) is 0 Å². The second-order valence-electron chi connectivity index (χ2n) is 4.26. The fraction of sp³-hybridized carbons (Fsp3) is 0.429. The monoisotopic (exact) mass is 314 g/mol. The molecule has 6 heteroatoms. The van der Waals surface area contributed by atoms with Crippen LogP contribution in [0.3, 0.4) is 0 Å². The van der Waals surface area contributed by atoms with Crippen LogP contribution in [0.15, 0.2) is 18.2 Å². The molecule has 0 aliphatic rings. The van der Waals surface area contributed by atoms with Crippen LogP contribution in [0.2, 0.25) is 5.02 Å². The number of nitrogens with zero attached hydrogens (tertiary/aromatic N) is 1. The van der Waals surface area contributed by atoms with Gasteiger partial charge in [0.2, 0.25) is 0 Å². The molecule has 2 N–H and O–H groups in total. The summed E-state index contributed by atoms with van der Waals surface area (Å²) in [6.45, 7) is 5.08. The molecule has 0 heterocycles. The van der Waals surface area contributed by atoms with E-state index in [9.17, 15) is 4.79 Å². The van der Waals surface area contributed by atoms with Crippen LogP contribution >= 0.6 is 23.8 Å². The molecule has 0 atom stereocenters. The number of ether oxygens (including phenoxy) is 1. The van der Waals surface area contributed by atoms with E-state index in [4.69, 9.17) is 34.3 Å². The maximum Gasteiger partial charge on any atom is 0.325 e. The van der Waals surface area contributed by atoms with Gasteiger partial charge in [-0.1, -0.05) is 30.7 Å². The van der Waals surface area contributed by atoms with E-state index in [1.807, 2.05) is 17.9 Å². The molecule has 1 aromatic rings. The lowest BCUT2D eigenvalue weighted by Gasteiger charge is -2.24. The second-order valence-corrected chi connectivity index (χ2v) is 5.10. The highest BCUT2D eigenvalue weighted by molar-refractivity contribution is 7.80. The smallest absolute Gasteiger partial charge is 0.325 e. The Bertz CT molecular complexity index is 494. The topological polar surface area (TPSA) is 55.6 Å². The van der Waals surface area contributed by atoms with Gasteiger partial charge in [0, 0.05) is 12.1 Å². The van der Waals surface area contributed by atoms with E-state index >= 15 is 0 Å². The average molecular weight is 315 g/mol. The van der Waals surface area contributed by atoms with Crippen molar-refractivity contribution in [2.24, 2.45) is 5.73 Å². The summed E-state index contributed by atoms with van der Waals surface area (Å²) in [7, 11) is 0. The number of rotatable bonds is 7. The van der Waals surface area contributed by atoms with E-state index in [1.165, 1.54) is 0 Å². The first-order valence-corrected chi connectivity index (χ1v) is 7.28. The van der Waals surface area contributed by atoms with Crippen molar-refractivity contribution in [1.82, 2.24) is 0 Å². The minimum Gasteiger partial charge on any atom is -0.465 e. The molecule has 1 rings (SSSR count). The van der Waals surface area contributed by atoms with Crippen molar-refractivity contribution in [3.63, 3.8) is 0 Å². The Kier molecular flexibility index (Phi) is 6.75. The normalized spacial score (nSPS) is 10.2. The molecule has 0 amide bonds. The number of benzene rings is 1. The summed E-state index contributed by atoms with van der Waals surface area (Å²) in [6, 6.07) is 5.34. The summed E-state index contributed by atoms with van der Waals surface area (Å²) in [5, 5.41) is 0.521. The molecule has 0 radical (unpaired) electrons. The quantitative estimate of drug-likeness (QED) is 0.619. The van der Waals surface area contributed by atoms with Crippen molar-refractivity contribution in [3.05, 3.63) is 28.8 Å². The molecule has 0 aliphatic carbocycles. The molecule has 0 bridgehead atoms. The highest BCUT2D eigenvalue weighted by atomic mass is 35.5. The van der Waals surface area contributed by atoms with Crippen LogP contribution in [0.25, 0.3) is 0 Å².